The van der Waals surface area contributed by atoms with Gasteiger partial charge in [-0.15, -0.1) is 0 Å². The number of carbonyl (C=O) groups excluding carboxylic acids is 1. The van der Waals surface area contributed by atoms with Crippen LogP contribution in [0.5, 0.6) is 0 Å². The molecule has 0 saturated carbocycles. The van der Waals surface area contributed by atoms with Gasteiger partial charge in [-0.05, 0) is 51.7 Å². The molecular formula is C15H13BrFNO. The Morgan fingerprint density at radius 2 is 2.16 bits per heavy atom. The average molecular weight is 322 g/mol. The molecule has 1 heterocycles. The van der Waals surface area contributed by atoms with E-state index in [1.807, 2.05) is 19.1 Å². The summed E-state index contributed by atoms with van der Waals surface area (Å²) in [4.78, 5) is 16.4. The summed E-state index contributed by atoms with van der Waals surface area (Å²) in [5.41, 5.74) is 2.21. The third-order valence-electron chi connectivity index (χ3n) is 2.88. The molecule has 0 fully saturated rings. The highest BCUT2D eigenvalue weighted by atomic mass is 79.9. The molecule has 98 valence electrons. The van der Waals surface area contributed by atoms with Crippen LogP contribution in [0.1, 0.15) is 28.5 Å². The molecule has 0 radical (unpaired) electrons. The van der Waals surface area contributed by atoms with Gasteiger partial charge >= 0.3 is 0 Å². The maximum absolute atomic E-state index is 13.1. The number of benzene rings is 1. The number of hydrogen-bond donors (Lipinski definition) is 0. The van der Waals surface area contributed by atoms with Crippen molar-refractivity contribution in [3.05, 3.63) is 63.6 Å². The summed E-state index contributed by atoms with van der Waals surface area (Å²) in [5, 5.41) is 0. The van der Waals surface area contributed by atoms with E-state index in [9.17, 15) is 9.18 Å². The molecule has 0 aliphatic heterocycles. The monoisotopic (exact) mass is 321 g/mol. The maximum Gasteiger partial charge on any atom is 0.185 e. The molecule has 19 heavy (non-hydrogen) atoms. The second kappa shape index (κ2) is 6.06. The average Bonchev–Trinajstić information content (AvgIpc) is 2.43. The van der Waals surface area contributed by atoms with Crippen LogP contribution in [0.25, 0.3) is 0 Å². The van der Waals surface area contributed by atoms with Gasteiger partial charge in [0.25, 0.3) is 0 Å². The quantitative estimate of drug-likeness (QED) is 0.797. The molecule has 0 bridgehead atoms. The third-order valence-corrected chi connectivity index (χ3v) is 3.49. The van der Waals surface area contributed by atoms with E-state index in [0.29, 0.717) is 10.2 Å². The summed E-state index contributed by atoms with van der Waals surface area (Å²) >= 11 is 3.12. The van der Waals surface area contributed by atoms with E-state index in [-0.39, 0.29) is 18.0 Å². The van der Waals surface area contributed by atoms with Gasteiger partial charge < -0.3 is 0 Å². The van der Waals surface area contributed by atoms with Crippen LogP contribution in [0.15, 0.2) is 41.0 Å². The van der Waals surface area contributed by atoms with Gasteiger partial charge in [-0.1, -0.05) is 19.1 Å². The summed E-state index contributed by atoms with van der Waals surface area (Å²) in [5.74, 6) is -0.376. The molecule has 0 aliphatic carbocycles. The molecule has 0 N–H and O–H groups in total. The number of rotatable bonds is 4. The van der Waals surface area contributed by atoms with Crippen LogP contribution in [-0.4, -0.2) is 10.8 Å². The second-order valence-electron chi connectivity index (χ2n) is 4.21. The number of pyridine rings is 1. The van der Waals surface area contributed by atoms with E-state index in [4.69, 9.17) is 0 Å². The number of carbonyl (C=O) groups is 1. The van der Waals surface area contributed by atoms with E-state index in [1.165, 1.54) is 6.07 Å². The van der Waals surface area contributed by atoms with Gasteiger partial charge in [-0.2, -0.15) is 0 Å². The minimum Gasteiger partial charge on any atom is -0.292 e. The van der Waals surface area contributed by atoms with Gasteiger partial charge in [0.1, 0.15) is 11.5 Å². The zero-order chi connectivity index (χ0) is 13.8. The van der Waals surface area contributed by atoms with Crippen molar-refractivity contribution < 1.29 is 9.18 Å². The Morgan fingerprint density at radius 3 is 2.84 bits per heavy atom. The molecular weight excluding hydrogens is 309 g/mol. The molecule has 1 aromatic heterocycles. The lowest BCUT2D eigenvalue weighted by Crippen LogP contribution is -2.09. The fraction of sp³-hybridized carbons (Fsp3) is 0.200. The van der Waals surface area contributed by atoms with Crippen LogP contribution in [0.3, 0.4) is 0 Å². The highest BCUT2D eigenvalue weighted by Crippen LogP contribution is 2.18. The molecule has 1 aromatic carbocycles. The van der Waals surface area contributed by atoms with Gasteiger partial charge in [0.2, 0.25) is 0 Å². The highest BCUT2D eigenvalue weighted by Gasteiger charge is 2.13. The van der Waals surface area contributed by atoms with Crippen molar-refractivity contribution in [3.8, 4) is 0 Å². The smallest absolute Gasteiger partial charge is 0.185 e. The van der Waals surface area contributed by atoms with Crippen LogP contribution in [0.2, 0.25) is 0 Å². The van der Waals surface area contributed by atoms with E-state index in [2.05, 4.69) is 20.9 Å². The Hall–Kier alpha value is -1.55. The summed E-state index contributed by atoms with van der Waals surface area (Å²) in [6.07, 6.45) is 2.61. The van der Waals surface area contributed by atoms with Gasteiger partial charge in [-0.3, -0.25) is 9.78 Å². The van der Waals surface area contributed by atoms with Crippen molar-refractivity contribution >= 4 is 21.7 Å². The van der Waals surface area contributed by atoms with Crippen LogP contribution in [0, 0.1) is 5.82 Å². The Morgan fingerprint density at radius 1 is 1.37 bits per heavy atom. The van der Waals surface area contributed by atoms with E-state index < -0.39 is 0 Å². The van der Waals surface area contributed by atoms with Crippen molar-refractivity contribution in [1.29, 1.82) is 0 Å². The fourth-order valence-electron chi connectivity index (χ4n) is 1.89. The number of aryl methyl sites for hydroxylation is 1. The molecule has 0 unspecified atom stereocenters. The molecule has 0 atom stereocenters. The topological polar surface area (TPSA) is 30.0 Å². The van der Waals surface area contributed by atoms with Crippen molar-refractivity contribution in [3.63, 3.8) is 0 Å². The predicted molar refractivity (Wildman–Crippen MR) is 75.7 cm³/mol. The molecule has 2 nitrogen and oxygen atoms in total. The van der Waals surface area contributed by atoms with E-state index in [0.717, 1.165) is 17.5 Å². The summed E-state index contributed by atoms with van der Waals surface area (Å²) in [6, 6.07) is 8.32. The number of nitrogens with zero attached hydrogens (tertiary/aromatic N) is 1. The normalized spacial score (nSPS) is 10.5. The first-order valence-electron chi connectivity index (χ1n) is 6.03. The largest absolute Gasteiger partial charge is 0.292 e. The fourth-order valence-corrected chi connectivity index (χ4v) is 2.32. The lowest BCUT2D eigenvalue weighted by Gasteiger charge is -2.06. The van der Waals surface area contributed by atoms with Gasteiger partial charge in [0.15, 0.2) is 5.78 Å². The molecule has 0 aliphatic rings. The van der Waals surface area contributed by atoms with Crippen molar-refractivity contribution in [2.45, 2.75) is 19.8 Å². The van der Waals surface area contributed by atoms with Crippen molar-refractivity contribution in [2.24, 2.45) is 0 Å². The lowest BCUT2D eigenvalue weighted by atomic mass is 10.0. The number of aromatic nitrogens is 1. The van der Waals surface area contributed by atoms with E-state index >= 15 is 0 Å². The zero-order valence-corrected chi connectivity index (χ0v) is 12.1. The number of hydrogen-bond acceptors (Lipinski definition) is 2. The van der Waals surface area contributed by atoms with Crippen molar-refractivity contribution in [1.82, 2.24) is 4.98 Å². The third kappa shape index (κ3) is 3.26. The van der Waals surface area contributed by atoms with Crippen LogP contribution < -0.4 is 0 Å². The highest BCUT2D eigenvalue weighted by molar-refractivity contribution is 9.10. The first kappa shape index (κ1) is 13.9. The first-order valence-corrected chi connectivity index (χ1v) is 6.82. The summed E-state index contributed by atoms with van der Waals surface area (Å²) in [6.45, 7) is 1.99. The lowest BCUT2D eigenvalue weighted by molar-refractivity contribution is 0.0987. The molecule has 0 saturated heterocycles. The molecule has 2 rings (SSSR count). The van der Waals surface area contributed by atoms with Crippen molar-refractivity contribution in [2.75, 3.05) is 0 Å². The summed E-state index contributed by atoms with van der Waals surface area (Å²) < 4.78 is 13.5. The molecule has 0 amide bonds. The number of halogens is 2. The standard InChI is InChI=1S/C15H13BrFNO/c1-2-11-4-3-7-18-15(11)14(19)9-10-5-6-13(17)12(16)8-10/h3-8H,2,9H2,1H3. The Bertz CT molecular complexity index is 613. The predicted octanol–water partition coefficient (Wildman–Crippen LogP) is 3.97. The second-order valence-corrected chi connectivity index (χ2v) is 5.07. The van der Waals surface area contributed by atoms with Gasteiger partial charge in [-0.25, -0.2) is 4.39 Å². The number of ketones is 1. The minimum atomic E-state index is -0.330. The Kier molecular flexibility index (Phi) is 4.43. The molecule has 2 aromatic rings. The Balaban J connectivity index is 2.23. The Labute approximate surface area is 119 Å². The van der Waals surface area contributed by atoms with Gasteiger partial charge in [0, 0.05) is 12.6 Å². The summed E-state index contributed by atoms with van der Waals surface area (Å²) in [7, 11) is 0. The maximum atomic E-state index is 13.1. The molecule has 4 heteroatoms. The van der Waals surface area contributed by atoms with Crippen LogP contribution in [-0.2, 0) is 12.8 Å². The zero-order valence-electron chi connectivity index (χ0n) is 10.5. The first-order chi connectivity index (χ1) is 9.11. The van der Waals surface area contributed by atoms with Crippen LogP contribution in [0.4, 0.5) is 4.39 Å². The SMILES string of the molecule is CCc1cccnc1C(=O)Cc1ccc(F)c(Br)c1. The van der Waals surface area contributed by atoms with Crippen LogP contribution >= 0.6 is 15.9 Å². The van der Waals surface area contributed by atoms with Gasteiger partial charge in [0.05, 0.1) is 4.47 Å². The number of Topliss-reactive ketones (excluding diaryl/α,β-unsaturated/α-hetero) is 1. The minimum absolute atomic E-state index is 0.0454. The molecule has 0 spiro atoms. The van der Waals surface area contributed by atoms with E-state index in [1.54, 1.807) is 18.3 Å².